The molecule has 1 amide bonds. The van der Waals surface area contributed by atoms with Crippen LogP contribution in [0.25, 0.3) is 0 Å². The number of aliphatic carboxylic acids is 1. The van der Waals surface area contributed by atoms with Gasteiger partial charge in [0.1, 0.15) is 12.7 Å². The number of carbonyl (C=O) groups is 3. The van der Waals surface area contributed by atoms with Crippen LogP contribution in [0.1, 0.15) is 181 Å². The maximum atomic E-state index is 12.3. The second-order valence-corrected chi connectivity index (χ2v) is 16.3. The third kappa shape index (κ3) is 40.0. The van der Waals surface area contributed by atoms with Crippen molar-refractivity contribution in [3.63, 3.8) is 0 Å². The lowest BCUT2D eigenvalue weighted by Crippen LogP contribution is -2.43. The molecule has 0 aromatic carbocycles. The Morgan fingerprint density at radius 1 is 0.552 bits per heavy atom. The fraction of sp³-hybridized carbons (Fsp3) is 0.717. The van der Waals surface area contributed by atoms with Crippen LogP contribution in [0.5, 0.6) is 0 Å². The van der Waals surface area contributed by atoms with Gasteiger partial charge in [0.2, 0.25) is 5.91 Å². The van der Waals surface area contributed by atoms with E-state index in [1.165, 1.54) is 51.4 Å². The first kappa shape index (κ1) is 55.2. The van der Waals surface area contributed by atoms with Gasteiger partial charge >= 0.3 is 19.8 Å². The molecule has 0 aliphatic carbocycles. The van der Waals surface area contributed by atoms with Crippen LogP contribution in [-0.4, -0.2) is 64.9 Å². The molecular formula is C46H80NO10P. The van der Waals surface area contributed by atoms with Crippen LogP contribution < -0.4 is 5.32 Å². The van der Waals surface area contributed by atoms with Gasteiger partial charge in [-0.25, -0.2) is 9.36 Å². The normalized spacial score (nSPS) is 14.3. The first-order valence-electron chi connectivity index (χ1n) is 22.3. The van der Waals surface area contributed by atoms with Crippen molar-refractivity contribution in [2.75, 3.05) is 19.8 Å². The molecule has 0 saturated heterocycles. The lowest BCUT2D eigenvalue weighted by molar-refractivity contribution is -0.147. The smallest absolute Gasteiger partial charge is 0.472 e. The van der Waals surface area contributed by atoms with E-state index in [2.05, 4.69) is 79.9 Å². The standard InChI is InChI=1S/C46H80NO10P/c1-3-5-7-9-11-13-15-17-18-19-20-21-22-23-24-26-27-29-31-33-35-37-44(49)47-43(46(51)52)41-57-58(53,54)56-40-42(48)39-55-45(50)38-36-34-32-30-28-25-16-14-12-10-8-6-4-2/h8,10-11,13-14,16-18,20-21,42-43,48H,3-7,9,12,15,19,22-41H2,1-2H3,(H,47,49)(H,51,52)(H,53,54)/b10-8-,13-11-,16-14-,18-17-,21-20-. The molecule has 0 aliphatic heterocycles. The molecule has 0 aliphatic rings. The Kier molecular flexibility index (Phi) is 38.9. The first-order chi connectivity index (χ1) is 28.1. The molecule has 0 saturated carbocycles. The molecule has 0 rings (SSSR count). The van der Waals surface area contributed by atoms with Crippen molar-refractivity contribution < 1.29 is 47.8 Å². The summed E-state index contributed by atoms with van der Waals surface area (Å²) in [6, 6.07) is -1.55. The molecule has 3 unspecified atom stereocenters. The van der Waals surface area contributed by atoms with E-state index in [-0.39, 0.29) is 12.8 Å². The summed E-state index contributed by atoms with van der Waals surface area (Å²) in [6.45, 7) is 2.47. The number of esters is 1. The van der Waals surface area contributed by atoms with Crippen LogP contribution in [0.3, 0.4) is 0 Å². The second kappa shape index (κ2) is 40.9. The van der Waals surface area contributed by atoms with Crippen molar-refractivity contribution in [2.24, 2.45) is 0 Å². The van der Waals surface area contributed by atoms with Gasteiger partial charge in [-0.3, -0.25) is 18.6 Å². The van der Waals surface area contributed by atoms with Gasteiger partial charge in [0.15, 0.2) is 6.04 Å². The van der Waals surface area contributed by atoms with Crippen LogP contribution in [0.2, 0.25) is 0 Å². The number of phosphoric acid groups is 1. The number of carboxylic acid groups (broad SMARTS) is 1. The number of ether oxygens (including phenoxy) is 1. The molecule has 0 spiro atoms. The molecular weight excluding hydrogens is 757 g/mol. The summed E-state index contributed by atoms with van der Waals surface area (Å²) in [4.78, 5) is 45.9. The van der Waals surface area contributed by atoms with Gasteiger partial charge in [0.25, 0.3) is 0 Å². The Balaban J connectivity index is 3.93. The molecule has 0 fully saturated rings. The lowest BCUT2D eigenvalue weighted by atomic mass is 10.1. The van der Waals surface area contributed by atoms with Gasteiger partial charge in [-0.05, 0) is 77.0 Å². The number of aliphatic hydroxyl groups is 1. The number of allylic oxidation sites excluding steroid dienone is 10. The van der Waals surface area contributed by atoms with Gasteiger partial charge in [-0.2, -0.15) is 0 Å². The van der Waals surface area contributed by atoms with E-state index in [0.717, 1.165) is 89.9 Å². The van der Waals surface area contributed by atoms with Gasteiger partial charge in [0.05, 0.1) is 13.2 Å². The second-order valence-electron chi connectivity index (χ2n) is 14.9. The van der Waals surface area contributed by atoms with E-state index >= 15 is 0 Å². The Morgan fingerprint density at radius 2 is 0.983 bits per heavy atom. The van der Waals surface area contributed by atoms with Crippen LogP contribution in [-0.2, 0) is 32.7 Å². The highest BCUT2D eigenvalue weighted by molar-refractivity contribution is 7.47. The van der Waals surface area contributed by atoms with Crippen molar-refractivity contribution in [3.05, 3.63) is 60.8 Å². The lowest BCUT2D eigenvalue weighted by Gasteiger charge is -2.18. The Labute approximate surface area is 351 Å². The van der Waals surface area contributed by atoms with Crippen molar-refractivity contribution in [1.29, 1.82) is 0 Å². The Hall–Kier alpha value is -2.82. The zero-order valence-corrected chi connectivity index (χ0v) is 37.0. The van der Waals surface area contributed by atoms with Gasteiger partial charge in [-0.15, -0.1) is 0 Å². The number of hydrogen-bond donors (Lipinski definition) is 4. The molecule has 0 heterocycles. The first-order valence-corrected chi connectivity index (χ1v) is 23.8. The quantitative estimate of drug-likeness (QED) is 0.0201. The summed E-state index contributed by atoms with van der Waals surface area (Å²) in [5.41, 5.74) is 0. The van der Waals surface area contributed by atoms with Crippen LogP contribution in [0.15, 0.2) is 60.8 Å². The van der Waals surface area contributed by atoms with Crippen molar-refractivity contribution in [1.82, 2.24) is 5.32 Å². The average molecular weight is 838 g/mol. The summed E-state index contributed by atoms with van der Waals surface area (Å²) in [6.07, 6.45) is 46.7. The molecule has 0 aromatic heterocycles. The third-order valence-corrected chi connectivity index (χ3v) is 10.2. The molecule has 58 heavy (non-hydrogen) atoms. The molecule has 11 nitrogen and oxygen atoms in total. The van der Waals surface area contributed by atoms with Crippen molar-refractivity contribution in [3.8, 4) is 0 Å². The zero-order valence-electron chi connectivity index (χ0n) is 36.1. The van der Waals surface area contributed by atoms with E-state index in [4.69, 9.17) is 13.8 Å². The molecule has 3 atom stereocenters. The molecule has 12 heteroatoms. The number of rotatable bonds is 41. The Morgan fingerprint density at radius 3 is 1.48 bits per heavy atom. The van der Waals surface area contributed by atoms with Crippen molar-refractivity contribution in [2.45, 2.75) is 193 Å². The maximum Gasteiger partial charge on any atom is 0.472 e. The minimum absolute atomic E-state index is 0.134. The van der Waals surface area contributed by atoms with Crippen LogP contribution in [0.4, 0.5) is 0 Å². The number of unbranched alkanes of at least 4 members (excludes halogenated alkanes) is 17. The summed E-state index contributed by atoms with van der Waals surface area (Å²) in [5.74, 6) is -2.40. The number of nitrogens with one attached hydrogen (secondary N) is 1. The number of phosphoric ester groups is 1. The molecule has 4 N–H and O–H groups in total. The average Bonchev–Trinajstić information content (AvgIpc) is 3.20. The summed E-state index contributed by atoms with van der Waals surface area (Å²) in [5, 5.41) is 21.8. The highest BCUT2D eigenvalue weighted by Crippen LogP contribution is 2.43. The van der Waals surface area contributed by atoms with Gasteiger partial charge < -0.3 is 25.2 Å². The highest BCUT2D eigenvalue weighted by Gasteiger charge is 2.28. The molecule has 334 valence electrons. The summed E-state index contributed by atoms with van der Waals surface area (Å²) >= 11 is 0. The van der Waals surface area contributed by atoms with Crippen LogP contribution in [0, 0.1) is 0 Å². The number of carboxylic acids is 1. The monoisotopic (exact) mass is 838 g/mol. The molecule has 0 radical (unpaired) electrons. The van der Waals surface area contributed by atoms with Gasteiger partial charge in [0, 0.05) is 12.8 Å². The van der Waals surface area contributed by atoms with E-state index in [1.54, 1.807) is 0 Å². The number of amides is 1. The highest BCUT2D eigenvalue weighted by atomic mass is 31.2. The maximum absolute atomic E-state index is 12.3. The molecule has 0 aromatic rings. The van der Waals surface area contributed by atoms with Gasteiger partial charge in [-0.1, -0.05) is 152 Å². The van der Waals surface area contributed by atoms with Crippen molar-refractivity contribution >= 4 is 25.7 Å². The summed E-state index contributed by atoms with van der Waals surface area (Å²) < 4.78 is 26.8. The predicted molar refractivity (Wildman–Crippen MR) is 235 cm³/mol. The van der Waals surface area contributed by atoms with E-state index in [0.29, 0.717) is 12.8 Å². The number of carbonyl (C=O) groups excluding carboxylic acids is 2. The summed E-state index contributed by atoms with van der Waals surface area (Å²) in [7, 11) is -4.76. The minimum atomic E-state index is -4.76. The van der Waals surface area contributed by atoms with E-state index in [1.807, 2.05) is 0 Å². The van der Waals surface area contributed by atoms with E-state index in [9.17, 15) is 34.1 Å². The third-order valence-electron chi connectivity index (χ3n) is 9.26. The fourth-order valence-electron chi connectivity index (χ4n) is 5.77. The van der Waals surface area contributed by atoms with Crippen LogP contribution >= 0.6 is 7.82 Å². The topological polar surface area (TPSA) is 169 Å². The predicted octanol–water partition coefficient (Wildman–Crippen LogP) is 11.6. The number of aliphatic hydroxyl groups excluding tert-OH is 1. The van der Waals surface area contributed by atoms with E-state index < -0.39 is 57.6 Å². The Bertz CT molecular complexity index is 1210. The number of hydrogen-bond acceptors (Lipinski definition) is 8. The SMILES string of the molecule is CCC/C=C\C/C=C\CCCCCCCC(=O)OCC(O)COP(=O)(O)OCC(NC(=O)CCCCCCCCCC/C=C\C/C=C\C/C=C\CCCCC)C(=O)O. The fourth-order valence-corrected chi connectivity index (χ4v) is 6.54. The minimum Gasteiger partial charge on any atom is -0.480 e. The molecule has 0 bridgehead atoms. The largest absolute Gasteiger partial charge is 0.480 e. The zero-order chi connectivity index (χ0) is 42.8.